The number of hydrogen-bond acceptors (Lipinski definition) is 3. The standard InChI is InChI=1S/C17H22Cl2N2O2/c1-11(23-16-7-14(18)6-15(19)8-16)17(22)21-4-2-12-9-20-10-13(12)3-5-21/h6-8,11-13,20H,2-5,9-10H2,1H3/t11?,12-,13+. The van der Waals surface area contributed by atoms with E-state index in [1.54, 1.807) is 25.1 Å². The van der Waals surface area contributed by atoms with Gasteiger partial charge in [0.15, 0.2) is 6.10 Å². The molecule has 0 aliphatic carbocycles. The van der Waals surface area contributed by atoms with E-state index in [4.69, 9.17) is 27.9 Å². The first-order valence-corrected chi connectivity index (χ1v) is 8.91. The van der Waals surface area contributed by atoms with Gasteiger partial charge in [-0.1, -0.05) is 23.2 Å². The second kappa shape index (κ2) is 7.29. The van der Waals surface area contributed by atoms with Crippen molar-refractivity contribution in [3.8, 4) is 5.75 Å². The molecule has 2 aliphatic heterocycles. The van der Waals surface area contributed by atoms with Gasteiger partial charge < -0.3 is 15.0 Å². The highest BCUT2D eigenvalue weighted by Gasteiger charge is 2.32. The van der Waals surface area contributed by atoms with Crippen molar-refractivity contribution in [2.24, 2.45) is 11.8 Å². The number of amides is 1. The molecule has 4 nitrogen and oxygen atoms in total. The molecule has 1 aromatic carbocycles. The Balaban J connectivity index is 1.60. The number of ether oxygens (including phenoxy) is 1. The average molecular weight is 357 g/mol. The highest BCUT2D eigenvalue weighted by Crippen LogP contribution is 2.28. The lowest BCUT2D eigenvalue weighted by Gasteiger charge is -2.25. The number of carbonyl (C=O) groups is 1. The van der Waals surface area contributed by atoms with Crippen LogP contribution < -0.4 is 10.1 Å². The molecule has 1 amide bonds. The number of halogens is 2. The number of nitrogens with one attached hydrogen (secondary N) is 1. The van der Waals surface area contributed by atoms with E-state index in [0.717, 1.165) is 39.0 Å². The fourth-order valence-electron chi connectivity index (χ4n) is 3.55. The van der Waals surface area contributed by atoms with Crippen LogP contribution in [0.5, 0.6) is 5.75 Å². The van der Waals surface area contributed by atoms with Crippen molar-refractivity contribution in [2.75, 3.05) is 26.2 Å². The highest BCUT2D eigenvalue weighted by atomic mass is 35.5. The average Bonchev–Trinajstić information content (AvgIpc) is 2.84. The van der Waals surface area contributed by atoms with E-state index in [2.05, 4.69) is 5.32 Å². The van der Waals surface area contributed by atoms with Crippen LogP contribution in [0.2, 0.25) is 10.0 Å². The molecule has 0 aromatic heterocycles. The number of benzene rings is 1. The summed E-state index contributed by atoms with van der Waals surface area (Å²) in [5.41, 5.74) is 0. The molecule has 1 N–H and O–H groups in total. The third-order valence-corrected chi connectivity index (χ3v) is 5.26. The van der Waals surface area contributed by atoms with Crippen molar-refractivity contribution in [1.29, 1.82) is 0 Å². The molecule has 2 aliphatic rings. The molecular formula is C17H22Cl2N2O2. The number of fused-ring (bicyclic) bond motifs is 1. The van der Waals surface area contributed by atoms with E-state index in [0.29, 0.717) is 27.6 Å². The summed E-state index contributed by atoms with van der Waals surface area (Å²) in [5, 5.41) is 4.45. The molecule has 0 saturated carbocycles. The van der Waals surface area contributed by atoms with Gasteiger partial charge >= 0.3 is 0 Å². The van der Waals surface area contributed by atoms with Gasteiger partial charge in [0.2, 0.25) is 0 Å². The highest BCUT2D eigenvalue weighted by molar-refractivity contribution is 6.34. The molecule has 3 rings (SSSR count). The predicted octanol–water partition coefficient (Wildman–Crippen LogP) is 3.22. The Morgan fingerprint density at radius 2 is 1.74 bits per heavy atom. The van der Waals surface area contributed by atoms with E-state index in [9.17, 15) is 4.79 Å². The fraction of sp³-hybridized carbons (Fsp3) is 0.588. The summed E-state index contributed by atoms with van der Waals surface area (Å²) in [6, 6.07) is 5.00. The van der Waals surface area contributed by atoms with Crippen molar-refractivity contribution >= 4 is 29.1 Å². The zero-order valence-corrected chi connectivity index (χ0v) is 14.7. The molecule has 0 bridgehead atoms. The summed E-state index contributed by atoms with van der Waals surface area (Å²) in [6.07, 6.45) is 1.60. The Morgan fingerprint density at radius 3 is 2.30 bits per heavy atom. The zero-order chi connectivity index (χ0) is 16.4. The normalized spacial score (nSPS) is 25.6. The van der Waals surface area contributed by atoms with Crippen LogP contribution in [0.4, 0.5) is 0 Å². The van der Waals surface area contributed by atoms with Crippen molar-refractivity contribution in [2.45, 2.75) is 25.9 Å². The summed E-state index contributed by atoms with van der Waals surface area (Å²) in [4.78, 5) is 14.6. The van der Waals surface area contributed by atoms with E-state index < -0.39 is 6.10 Å². The Hall–Kier alpha value is -0.970. The van der Waals surface area contributed by atoms with Crippen molar-refractivity contribution in [3.63, 3.8) is 0 Å². The van der Waals surface area contributed by atoms with Gasteiger partial charge in [0, 0.05) is 23.1 Å². The molecule has 1 aromatic rings. The molecule has 1 unspecified atom stereocenters. The van der Waals surface area contributed by atoms with Crippen LogP contribution in [-0.2, 0) is 4.79 Å². The molecule has 6 heteroatoms. The van der Waals surface area contributed by atoms with Crippen LogP contribution in [0.15, 0.2) is 18.2 Å². The van der Waals surface area contributed by atoms with Crippen molar-refractivity contribution in [1.82, 2.24) is 10.2 Å². The van der Waals surface area contributed by atoms with Crippen LogP contribution >= 0.6 is 23.2 Å². The van der Waals surface area contributed by atoms with Crippen molar-refractivity contribution in [3.05, 3.63) is 28.2 Å². The van der Waals surface area contributed by atoms with Gasteiger partial charge in [-0.25, -0.2) is 0 Å². The SMILES string of the molecule is CC(Oc1cc(Cl)cc(Cl)c1)C(=O)N1CC[C@@H]2CNC[C@@H]2CC1. The first-order chi connectivity index (χ1) is 11.0. The Kier molecular flexibility index (Phi) is 5.34. The molecular weight excluding hydrogens is 335 g/mol. The van der Waals surface area contributed by atoms with Crippen LogP contribution in [-0.4, -0.2) is 43.1 Å². The van der Waals surface area contributed by atoms with E-state index in [1.165, 1.54) is 0 Å². The number of hydrogen-bond donors (Lipinski definition) is 1. The zero-order valence-electron chi connectivity index (χ0n) is 13.2. The van der Waals surface area contributed by atoms with E-state index in [-0.39, 0.29) is 5.91 Å². The minimum Gasteiger partial charge on any atom is -0.481 e. The van der Waals surface area contributed by atoms with Gasteiger partial charge in [0.25, 0.3) is 5.91 Å². The monoisotopic (exact) mass is 356 g/mol. The molecule has 2 saturated heterocycles. The minimum absolute atomic E-state index is 0.0361. The fourth-order valence-corrected chi connectivity index (χ4v) is 4.05. The first kappa shape index (κ1) is 16.9. The lowest BCUT2D eigenvalue weighted by molar-refractivity contribution is -0.137. The third kappa shape index (κ3) is 4.11. The first-order valence-electron chi connectivity index (χ1n) is 8.15. The number of rotatable bonds is 3. The maximum Gasteiger partial charge on any atom is 0.263 e. The Bertz CT molecular complexity index is 547. The Labute approximate surface area is 147 Å². The summed E-state index contributed by atoms with van der Waals surface area (Å²) >= 11 is 11.9. The molecule has 126 valence electrons. The van der Waals surface area contributed by atoms with Gasteiger partial charge in [-0.2, -0.15) is 0 Å². The summed E-state index contributed by atoms with van der Waals surface area (Å²) in [6.45, 7) is 5.57. The summed E-state index contributed by atoms with van der Waals surface area (Å²) < 4.78 is 5.75. The van der Waals surface area contributed by atoms with E-state index in [1.807, 2.05) is 4.90 Å². The number of carbonyl (C=O) groups excluding carboxylic acids is 1. The smallest absolute Gasteiger partial charge is 0.263 e. The van der Waals surface area contributed by atoms with Crippen LogP contribution in [0.25, 0.3) is 0 Å². The van der Waals surface area contributed by atoms with Crippen LogP contribution in [0.1, 0.15) is 19.8 Å². The predicted molar refractivity (Wildman–Crippen MR) is 92.2 cm³/mol. The van der Waals surface area contributed by atoms with Gasteiger partial charge in [0.1, 0.15) is 5.75 Å². The second-order valence-corrected chi connectivity index (χ2v) is 7.32. The largest absolute Gasteiger partial charge is 0.481 e. The number of likely N-dealkylation sites (tertiary alicyclic amines) is 1. The summed E-state index contributed by atoms with van der Waals surface area (Å²) in [7, 11) is 0. The molecule has 3 atom stereocenters. The van der Waals surface area contributed by atoms with E-state index >= 15 is 0 Å². The minimum atomic E-state index is -0.541. The molecule has 2 fully saturated rings. The lowest BCUT2D eigenvalue weighted by Crippen LogP contribution is -2.41. The maximum atomic E-state index is 12.7. The topological polar surface area (TPSA) is 41.6 Å². The van der Waals surface area contributed by atoms with Gasteiger partial charge in [-0.15, -0.1) is 0 Å². The van der Waals surface area contributed by atoms with Gasteiger partial charge in [0.05, 0.1) is 0 Å². The second-order valence-electron chi connectivity index (χ2n) is 6.45. The molecule has 23 heavy (non-hydrogen) atoms. The Morgan fingerprint density at radius 1 is 1.17 bits per heavy atom. The lowest BCUT2D eigenvalue weighted by atomic mass is 9.92. The third-order valence-electron chi connectivity index (χ3n) is 4.83. The van der Waals surface area contributed by atoms with Crippen molar-refractivity contribution < 1.29 is 9.53 Å². The summed E-state index contributed by atoms with van der Waals surface area (Å²) in [5.74, 6) is 1.97. The maximum absolute atomic E-state index is 12.7. The number of nitrogens with zero attached hydrogens (tertiary/aromatic N) is 1. The van der Waals surface area contributed by atoms with Gasteiger partial charge in [-0.3, -0.25) is 4.79 Å². The van der Waals surface area contributed by atoms with Crippen LogP contribution in [0.3, 0.4) is 0 Å². The van der Waals surface area contributed by atoms with Gasteiger partial charge in [-0.05, 0) is 62.9 Å². The molecule has 0 spiro atoms. The quantitative estimate of drug-likeness (QED) is 0.903. The molecule has 0 radical (unpaired) electrons. The van der Waals surface area contributed by atoms with Crippen LogP contribution in [0, 0.1) is 11.8 Å². The molecule has 2 heterocycles.